The van der Waals surface area contributed by atoms with Crippen molar-refractivity contribution in [3.05, 3.63) is 34.6 Å². The Labute approximate surface area is 106 Å². The normalized spacial score (nSPS) is 13.1. The van der Waals surface area contributed by atoms with Gasteiger partial charge in [-0.1, -0.05) is 24.6 Å². The van der Waals surface area contributed by atoms with Gasteiger partial charge in [-0.2, -0.15) is 0 Å². The molecular formula is C12H17ClFNO2. The molecule has 1 atom stereocenters. The smallest absolute Gasteiger partial charge is 0.176 e. The fourth-order valence-electron chi connectivity index (χ4n) is 1.69. The summed E-state index contributed by atoms with van der Waals surface area (Å²) in [5, 5.41) is 3.50. The molecule has 0 radical (unpaired) electrons. The monoisotopic (exact) mass is 261 g/mol. The highest BCUT2D eigenvalue weighted by atomic mass is 35.5. The number of likely N-dealkylation sites (N-methyl/N-ethyl adjacent to an activating group) is 1. The second kappa shape index (κ2) is 6.91. The number of ether oxygens (including phenoxy) is 2. The van der Waals surface area contributed by atoms with Crippen LogP contribution < -0.4 is 5.32 Å². The lowest BCUT2D eigenvalue weighted by molar-refractivity contribution is -0.124. The molecule has 0 aliphatic rings. The number of rotatable bonds is 6. The van der Waals surface area contributed by atoms with Crippen LogP contribution in [-0.4, -0.2) is 27.1 Å². The highest BCUT2D eigenvalue weighted by molar-refractivity contribution is 6.30. The lowest BCUT2D eigenvalue weighted by atomic mass is 10.1. The molecule has 0 aromatic heterocycles. The summed E-state index contributed by atoms with van der Waals surface area (Å²) in [6, 6.07) is 4.19. The molecule has 0 bridgehead atoms. The number of halogens is 2. The van der Waals surface area contributed by atoms with Crippen LogP contribution in [0.15, 0.2) is 18.2 Å². The Kier molecular flexibility index (Phi) is 5.85. The van der Waals surface area contributed by atoms with Gasteiger partial charge in [-0.3, -0.25) is 0 Å². The van der Waals surface area contributed by atoms with Crippen LogP contribution in [0.3, 0.4) is 0 Å². The largest absolute Gasteiger partial charge is 0.354 e. The zero-order chi connectivity index (χ0) is 12.8. The second-order valence-corrected chi connectivity index (χ2v) is 3.98. The summed E-state index contributed by atoms with van der Waals surface area (Å²) in [5.41, 5.74) is 0.477. The first kappa shape index (κ1) is 14.4. The van der Waals surface area contributed by atoms with Gasteiger partial charge in [0.25, 0.3) is 0 Å². The summed E-state index contributed by atoms with van der Waals surface area (Å²) in [6.45, 7) is 2.61. The Morgan fingerprint density at radius 3 is 2.47 bits per heavy atom. The van der Waals surface area contributed by atoms with Crippen molar-refractivity contribution in [3.8, 4) is 0 Å². The average molecular weight is 262 g/mol. The third-order valence-corrected chi connectivity index (χ3v) is 2.69. The van der Waals surface area contributed by atoms with Gasteiger partial charge in [0, 0.05) is 24.8 Å². The van der Waals surface area contributed by atoms with E-state index < -0.39 is 6.29 Å². The van der Waals surface area contributed by atoms with Crippen LogP contribution in [-0.2, 0) is 9.47 Å². The minimum atomic E-state index is -0.550. The molecule has 0 aliphatic carbocycles. The fourth-order valence-corrected chi connectivity index (χ4v) is 1.85. The summed E-state index contributed by atoms with van der Waals surface area (Å²) in [5.74, 6) is -0.373. The topological polar surface area (TPSA) is 30.5 Å². The molecule has 0 saturated heterocycles. The molecule has 96 valence electrons. The highest BCUT2D eigenvalue weighted by Gasteiger charge is 2.24. The van der Waals surface area contributed by atoms with Gasteiger partial charge in [-0.15, -0.1) is 0 Å². The number of benzene rings is 1. The molecule has 0 spiro atoms. The molecule has 0 fully saturated rings. The molecule has 3 nitrogen and oxygen atoms in total. The summed E-state index contributed by atoms with van der Waals surface area (Å²) < 4.78 is 24.2. The van der Waals surface area contributed by atoms with Crippen molar-refractivity contribution in [1.82, 2.24) is 5.32 Å². The zero-order valence-corrected chi connectivity index (χ0v) is 10.9. The number of hydrogen-bond acceptors (Lipinski definition) is 3. The van der Waals surface area contributed by atoms with Crippen molar-refractivity contribution in [2.24, 2.45) is 0 Å². The predicted molar refractivity (Wildman–Crippen MR) is 65.6 cm³/mol. The Balaban J connectivity index is 3.03. The quantitative estimate of drug-likeness (QED) is 0.799. The average Bonchev–Trinajstić information content (AvgIpc) is 2.30. The maximum atomic E-state index is 13.8. The summed E-state index contributed by atoms with van der Waals surface area (Å²) in [4.78, 5) is 0. The number of nitrogens with one attached hydrogen (secondary N) is 1. The minimum Gasteiger partial charge on any atom is -0.354 e. The maximum Gasteiger partial charge on any atom is 0.176 e. The fraction of sp³-hybridized carbons (Fsp3) is 0.500. The third-order valence-electron chi connectivity index (χ3n) is 2.46. The van der Waals surface area contributed by atoms with Crippen LogP contribution in [0, 0.1) is 5.82 Å². The summed E-state index contributed by atoms with van der Waals surface area (Å²) >= 11 is 5.72. The Morgan fingerprint density at radius 2 is 2.00 bits per heavy atom. The van der Waals surface area contributed by atoms with Gasteiger partial charge in [0.1, 0.15) is 5.82 Å². The van der Waals surface area contributed by atoms with E-state index in [0.717, 1.165) is 0 Å². The molecule has 17 heavy (non-hydrogen) atoms. The van der Waals surface area contributed by atoms with E-state index >= 15 is 0 Å². The highest BCUT2D eigenvalue weighted by Crippen LogP contribution is 2.24. The molecule has 1 aromatic rings. The maximum absolute atomic E-state index is 13.8. The van der Waals surface area contributed by atoms with Crippen molar-refractivity contribution in [1.29, 1.82) is 0 Å². The lowest BCUT2D eigenvalue weighted by Gasteiger charge is -2.26. The molecule has 1 aromatic carbocycles. The van der Waals surface area contributed by atoms with Crippen molar-refractivity contribution in [2.45, 2.75) is 19.3 Å². The number of hydrogen-bond donors (Lipinski definition) is 1. The van der Waals surface area contributed by atoms with Gasteiger partial charge in [-0.25, -0.2) is 4.39 Å². The van der Waals surface area contributed by atoms with E-state index in [2.05, 4.69) is 5.32 Å². The Bertz CT molecular complexity index is 358. The SMILES string of the molecule is CCNC(c1ccc(Cl)cc1F)C(OC)OC. The predicted octanol–water partition coefficient (Wildman–Crippen LogP) is 2.75. The number of methoxy groups -OCH3 is 2. The molecular weight excluding hydrogens is 245 g/mol. The van der Waals surface area contributed by atoms with E-state index in [1.165, 1.54) is 20.3 Å². The van der Waals surface area contributed by atoms with Gasteiger partial charge in [0.15, 0.2) is 6.29 Å². The van der Waals surface area contributed by atoms with Gasteiger partial charge in [0.2, 0.25) is 0 Å². The van der Waals surface area contributed by atoms with Gasteiger partial charge in [0.05, 0.1) is 6.04 Å². The first-order valence-electron chi connectivity index (χ1n) is 5.38. The second-order valence-electron chi connectivity index (χ2n) is 3.54. The van der Waals surface area contributed by atoms with E-state index in [4.69, 9.17) is 21.1 Å². The van der Waals surface area contributed by atoms with Gasteiger partial charge >= 0.3 is 0 Å². The van der Waals surface area contributed by atoms with E-state index in [1.54, 1.807) is 12.1 Å². The molecule has 0 heterocycles. The standard InChI is InChI=1S/C12H17ClFNO2/c1-4-15-11(12(16-2)17-3)9-6-5-8(13)7-10(9)14/h5-7,11-12,15H,4H2,1-3H3. The van der Waals surface area contributed by atoms with Crippen molar-refractivity contribution < 1.29 is 13.9 Å². The van der Waals surface area contributed by atoms with Crippen molar-refractivity contribution >= 4 is 11.6 Å². The molecule has 1 rings (SSSR count). The van der Waals surface area contributed by atoms with Crippen LogP contribution >= 0.6 is 11.6 Å². The Hall–Kier alpha value is -0.680. The Morgan fingerprint density at radius 1 is 1.35 bits per heavy atom. The van der Waals surface area contributed by atoms with Gasteiger partial charge in [-0.05, 0) is 18.7 Å². The van der Waals surface area contributed by atoms with Crippen molar-refractivity contribution in [2.75, 3.05) is 20.8 Å². The van der Waals surface area contributed by atoms with E-state index in [0.29, 0.717) is 17.1 Å². The van der Waals surface area contributed by atoms with Crippen molar-refractivity contribution in [3.63, 3.8) is 0 Å². The van der Waals surface area contributed by atoms with E-state index in [-0.39, 0.29) is 11.9 Å². The van der Waals surface area contributed by atoms with Crippen LogP contribution in [0.4, 0.5) is 4.39 Å². The van der Waals surface area contributed by atoms with Crippen LogP contribution in [0.1, 0.15) is 18.5 Å². The summed E-state index contributed by atoms with van der Waals surface area (Å²) in [7, 11) is 3.04. The van der Waals surface area contributed by atoms with Gasteiger partial charge < -0.3 is 14.8 Å². The van der Waals surface area contributed by atoms with Crippen LogP contribution in [0.2, 0.25) is 5.02 Å². The van der Waals surface area contributed by atoms with Crippen LogP contribution in [0.25, 0.3) is 0 Å². The first-order valence-corrected chi connectivity index (χ1v) is 5.75. The third kappa shape index (κ3) is 3.64. The first-order chi connectivity index (χ1) is 8.13. The molecule has 1 unspecified atom stereocenters. The zero-order valence-electron chi connectivity index (χ0n) is 10.2. The molecule has 0 saturated carbocycles. The molecule has 0 aliphatic heterocycles. The lowest BCUT2D eigenvalue weighted by Crippen LogP contribution is -2.35. The van der Waals surface area contributed by atoms with E-state index in [1.807, 2.05) is 6.92 Å². The van der Waals surface area contributed by atoms with Crippen LogP contribution in [0.5, 0.6) is 0 Å². The van der Waals surface area contributed by atoms with E-state index in [9.17, 15) is 4.39 Å². The summed E-state index contributed by atoms with van der Waals surface area (Å²) in [6.07, 6.45) is -0.550. The molecule has 0 amide bonds. The molecule has 1 N–H and O–H groups in total. The minimum absolute atomic E-state index is 0.368. The molecule has 5 heteroatoms.